The molecule has 0 spiro atoms. The van der Waals surface area contributed by atoms with E-state index >= 15 is 0 Å². The highest BCUT2D eigenvalue weighted by atomic mass is 16.5. The summed E-state index contributed by atoms with van der Waals surface area (Å²) >= 11 is 0. The molecule has 1 amide bonds. The van der Waals surface area contributed by atoms with Gasteiger partial charge < -0.3 is 34.7 Å². The van der Waals surface area contributed by atoms with Gasteiger partial charge in [0.1, 0.15) is 12.4 Å². The van der Waals surface area contributed by atoms with Crippen molar-refractivity contribution in [1.29, 1.82) is 0 Å². The number of aryl methyl sites for hydroxylation is 2. The zero-order chi connectivity index (χ0) is 28.5. The minimum Gasteiger partial charge on any atom is -0.491 e. The molecule has 1 aromatic heterocycles. The SMILES string of the molecule is CCN(c1cc(OCCO)cc(C(=O)NCc2c(C)cc(C)[nH]c2=O)c1C)C1CCC(N(C)CCOC)CC1. The molecule has 3 rings (SSSR count). The van der Waals surface area contributed by atoms with Gasteiger partial charge in [0.05, 0.1) is 13.2 Å². The summed E-state index contributed by atoms with van der Waals surface area (Å²) in [5.74, 6) is 0.285. The minimum atomic E-state index is -0.262. The van der Waals surface area contributed by atoms with Crippen LogP contribution >= 0.6 is 0 Å². The van der Waals surface area contributed by atoms with Gasteiger partial charge in [0.25, 0.3) is 11.5 Å². The third-order valence-electron chi connectivity index (χ3n) is 7.91. The van der Waals surface area contributed by atoms with Gasteiger partial charge in [0.15, 0.2) is 0 Å². The molecular formula is C30H46N4O5. The number of nitrogens with one attached hydrogen (secondary N) is 2. The molecule has 39 heavy (non-hydrogen) atoms. The van der Waals surface area contributed by atoms with E-state index in [4.69, 9.17) is 9.47 Å². The lowest BCUT2D eigenvalue weighted by Crippen LogP contribution is -2.44. The number of ether oxygens (including phenoxy) is 2. The van der Waals surface area contributed by atoms with Crippen molar-refractivity contribution >= 4 is 11.6 Å². The molecule has 0 aliphatic heterocycles. The third-order valence-corrected chi connectivity index (χ3v) is 7.91. The molecule has 1 fully saturated rings. The van der Waals surface area contributed by atoms with Gasteiger partial charge in [-0.3, -0.25) is 9.59 Å². The van der Waals surface area contributed by atoms with Crippen molar-refractivity contribution in [3.05, 3.63) is 56.5 Å². The second kappa shape index (κ2) is 14.5. The Kier molecular flexibility index (Phi) is 11.4. The number of benzene rings is 1. The molecule has 0 bridgehead atoms. The highest BCUT2D eigenvalue weighted by Crippen LogP contribution is 2.35. The van der Waals surface area contributed by atoms with Crippen molar-refractivity contribution in [2.24, 2.45) is 0 Å². The Hall–Kier alpha value is -2.88. The van der Waals surface area contributed by atoms with Crippen LogP contribution in [0.25, 0.3) is 0 Å². The number of aliphatic hydroxyl groups excluding tert-OH is 1. The Labute approximate surface area is 232 Å². The van der Waals surface area contributed by atoms with Crippen LogP contribution in [-0.4, -0.2) is 80.0 Å². The van der Waals surface area contributed by atoms with Crippen molar-refractivity contribution in [1.82, 2.24) is 15.2 Å². The summed E-state index contributed by atoms with van der Waals surface area (Å²) in [7, 11) is 3.91. The van der Waals surface area contributed by atoms with Gasteiger partial charge in [-0.05, 0) is 83.7 Å². The summed E-state index contributed by atoms with van der Waals surface area (Å²) in [6, 6.07) is 6.52. The van der Waals surface area contributed by atoms with E-state index < -0.39 is 0 Å². The number of hydrogen-bond donors (Lipinski definition) is 3. The van der Waals surface area contributed by atoms with Crippen LogP contribution in [0.15, 0.2) is 23.0 Å². The van der Waals surface area contributed by atoms with Crippen molar-refractivity contribution in [3.8, 4) is 5.75 Å². The molecule has 0 saturated heterocycles. The molecule has 0 radical (unpaired) electrons. The fourth-order valence-corrected chi connectivity index (χ4v) is 5.67. The van der Waals surface area contributed by atoms with E-state index in [0.29, 0.717) is 29.0 Å². The quantitative estimate of drug-likeness (QED) is 0.357. The molecule has 1 aromatic carbocycles. The number of aromatic nitrogens is 1. The first-order valence-electron chi connectivity index (χ1n) is 14.0. The largest absolute Gasteiger partial charge is 0.491 e. The van der Waals surface area contributed by atoms with E-state index in [-0.39, 0.29) is 31.2 Å². The predicted octanol–water partition coefficient (Wildman–Crippen LogP) is 3.32. The molecule has 0 atom stereocenters. The Morgan fingerprint density at radius 2 is 1.79 bits per heavy atom. The van der Waals surface area contributed by atoms with Crippen LogP contribution in [0.1, 0.15) is 65.3 Å². The van der Waals surface area contributed by atoms with Crippen LogP contribution in [0, 0.1) is 20.8 Å². The van der Waals surface area contributed by atoms with Crippen molar-refractivity contribution in [2.45, 2.75) is 72.0 Å². The highest BCUT2D eigenvalue weighted by molar-refractivity contribution is 5.97. The number of anilines is 1. The maximum atomic E-state index is 13.4. The summed E-state index contributed by atoms with van der Waals surface area (Å²) in [5, 5.41) is 12.3. The first-order chi connectivity index (χ1) is 18.7. The first kappa shape index (κ1) is 30.7. The van der Waals surface area contributed by atoms with Gasteiger partial charge >= 0.3 is 0 Å². The number of amides is 1. The van der Waals surface area contributed by atoms with E-state index in [9.17, 15) is 14.7 Å². The Morgan fingerprint density at radius 3 is 2.41 bits per heavy atom. The highest BCUT2D eigenvalue weighted by Gasteiger charge is 2.29. The fourth-order valence-electron chi connectivity index (χ4n) is 5.67. The number of likely N-dealkylation sites (N-methyl/N-ethyl adjacent to an activating group) is 1. The zero-order valence-corrected chi connectivity index (χ0v) is 24.4. The average molecular weight is 543 g/mol. The van der Waals surface area contributed by atoms with Gasteiger partial charge in [0.2, 0.25) is 0 Å². The summed E-state index contributed by atoms with van der Waals surface area (Å²) in [6.45, 7) is 10.5. The number of aliphatic hydroxyl groups is 1. The number of methoxy groups -OCH3 is 1. The smallest absolute Gasteiger partial charge is 0.253 e. The minimum absolute atomic E-state index is 0.113. The first-order valence-corrected chi connectivity index (χ1v) is 14.0. The number of carbonyl (C=O) groups is 1. The predicted molar refractivity (Wildman–Crippen MR) is 155 cm³/mol. The molecule has 0 unspecified atom stereocenters. The molecule has 1 aliphatic rings. The standard InChI is InChI=1S/C30H46N4O5/c1-7-34(24-10-8-23(9-11-24)33(5)12-14-38-6)28-18-25(39-15-13-35)17-26(22(28)4)29(36)31-19-27-20(2)16-21(3)32-30(27)37/h16-18,23-24,35H,7-15,19H2,1-6H3,(H,31,36)(H,32,37). The number of aromatic amines is 1. The van der Waals surface area contributed by atoms with E-state index in [1.165, 1.54) is 0 Å². The van der Waals surface area contributed by atoms with Crippen molar-refractivity contribution < 1.29 is 19.4 Å². The molecule has 216 valence electrons. The van der Waals surface area contributed by atoms with Crippen molar-refractivity contribution in [2.75, 3.05) is 52.0 Å². The van der Waals surface area contributed by atoms with Gasteiger partial charge in [-0.1, -0.05) is 0 Å². The van der Waals surface area contributed by atoms with Crippen LogP contribution in [0.2, 0.25) is 0 Å². The molecule has 1 saturated carbocycles. The van der Waals surface area contributed by atoms with Crippen LogP contribution in [0.3, 0.4) is 0 Å². The van der Waals surface area contributed by atoms with E-state index in [0.717, 1.165) is 67.9 Å². The fraction of sp³-hybridized carbons (Fsp3) is 0.600. The molecule has 2 aromatic rings. The molecule has 9 heteroatoms. The van der Waals surface area contributed by atoms with Gasteiger partial charge in [-0.2, -0.15) is 0 Å². The Morgan fingerprint density at radius 1 is 1.10 bits per heavy atom. The van der Waals surface area contributed by atoms with Crippen LogP contribution < -0.4 is 20.5 Å². The topological polar surface area (TPSA) is 107 Å². The van der Waals surface area contributed by atoms with Crippen LogP contribution in [0.4, 0.5) is 5.69 Å². The number of carbonyl (C=O) groups excluding carboxylic acids is 1. The maximum absolute atomic E-state index is 13.4. The molecule has 3 N–H and O–H groups in total. The lowest BCUT2D eigenvalue weighted by Gasteiger charge is -2.41. The number of pyridine rings is 1. The average Bonchev–Trinajstić information content (AvgIpc) is 2.91. The van der Waals surface area contributed by atoms with Crippen molar-refractivity contribution in [3.63, 3.8) is 0 Å². The monoisotopic (exact) mass is 542 g/mol. The number of nitrogens with zero attached hydrogens (tertiary/aromatic N) is 2. The third kappa shape index (κ3) is 7.84. The zero-order valence-electron chi connectivity index (χ0n) is 24.4. The van der Waals surface area contributed by atoms with E-state index in [1.807, 2.05) is 32.9 Å². The lowest BCUT2D eigenvalue weighted by atomic mass is 9.88. The van der Waals surface area contributed by atoms with Gasteiger partial charge in [-0.25, -0.2) is 0 Å². The summed E-state index contributed by atoms with van der Waals surface area (Å²) in [4.78, 5) is 33.5. The molecular weight excluding hydrogens is 496 g/mol. The number of hydrogen-bond acceptors (Lipinski definition) is 7. The summed E-state index contributed by atoms with van der Waals surface area (Å²) in [6.07, 6.45) is 4.35. The molecule has 1 heterocycles. The van der Waals surface area contributed by atoms with Gasteiger partial charge in [-0.15, -0.1) is 0 Å². The molecule has 9 nitrogen and oxygen atoms in total. The van der Waals surface area contributed by atoms with Crippen LogP contribution in [0.5, 0.6) is 5.75 Å². The van der Waals surface area contributed by atoms with E-state index in [1.54, 1.807) is 13.2 Å². The Bertz CT molecular complexity index is 1160. The van der Waals surface area contributed by atoms with Gasteiger partial charge in [0, 0.05) is 67.4 Å². The number of rotatable bonds is 13. The summed E-state index contributed by atoms with van der Waals surface area (Å²) < 4.78 is 11.0. The lowest BCUT2D eigenvalue weighted by molar-refractivity contribution is 0.0949. The molecule has 1 aliphatic carbocycles. The number of H-pyrrole nitrogens is 1. The Balaban J connectivity index is 1.83. The summed E-state index contributed by atoms with van der Waals surface area (Å²) in [5.41, 5.74) is 4.34. The maximum Gasteiger partial charge on any atom is 0.253 e. The van der Waals surface area contributed by atoms with Crippen LogP contribution in [-0.2, 0) is 11.3 Å². The second-order valence-corrected chi connectivity index (χ2v) is 10.5. The second-order valence-electron chi connectivity index (χ2n) is 10.5. The normalized spacial score (nSPS) is 17.3. The van der Waals surface area contributed by atoms with E-state index in [2.05, 4.69) is 34.1 Å².